The van der Waals surface area contributed by atoms with Crippen LogP contribution < -0.4 is 4.74 Å². The first-order valence-electron chi connectivity index (χ1n) is 7.81. The molecule has 26 heavy (non-hydrogen) atoms. The maximum absolute atomic E-state index is 14.1. The number of hydrogen-bond acceptors (Lipinski definition) is 4. The van der Waals surface area contributed by atoms with Gasteiger partial charge in [0.05, 0.1) is 0 Å². The lowest BCUT2D eigenvalue weighted by Crippen LogP contribution is -1.89. The zero-order chi connectivity index (χ0) is 17.9. The van der Waals surface area contributed by atoms with Crippen LogP contribution in [0, 0.1) is 5.82 Å². The normalized spacial score (nSPS) is 10.7. The summed E-state index contributed by atoms with van der Waals surface area (Å²) in [4.78, 5) is 0. The van der Waals surface area contributed by atoms with E-state index >= 15 is 0 Å². The number of nitrogens with zero attached hydrogens (tertiary/aromatic N) is 2. The number of hydrogen-bond donors (Lipinski definition) is 0. The largest absolute Gasteiger partial charge is 0.454 e. The number of ether oxygens (including phenoxy) is 1. The van der Waals surface area contributed by atoms with Gasteiger partial charge < -0.3 is 9.15 Å². The third-order valence-corrected chi connectivity index (χ3v) is 3.92. The number of benzene rings is 3. The molecule has 1 heterocycles. The summed E-state index contributed by atoms with van der Waals surface area (Å²) in [6, 6.07) is 20.4. The van der Waals surface area contributed by atoms with Gasteiger partial charge >= 0.3 is 0 Å². The second kappa shape index (κ2) is 6.98. The van der Waals surface area contributed by atoms with Crippen LogP contribution in [0.3, 0.4) is 0 Å². The van der Waals surface area contributed by atoms with Crippen LogP contribution in [0.1, 0.15) is 0 Å². The number of para-hydroxylation sites is 1. The van der Waals surface area contributed by atoms with E-state index in [1.807, 2.05) is 18.2 Å². The maximum Gasteiger partial charge on any atom is 0.248 e. The van der Waals surface area contributed by atoms with Crippen molar-refractivity contribution in [1.29, 1.82) is 0 Å². The molecule has 0 aliphatic heterocycles. The van der Waals surface area contributed by atoms with Gasteiger partial charge in [-0.2, -0.15) is 0 Å². The van der Waals surface area contributed by atoms with Crippen molar-refractivity contribution in [3.05, 3.63) is 83.6 Å². The Bertz CT molecular complexity index is 1030. The van der Waals surface area contributed by atoms with Crippen LogP contribution in [-0.4, -0.2) is 10.2 Å². The smallest absolute Gasteiger partial charge is 0.248 e. The average Bonchev–Trinajstić information content (AvgIpc) is 3.15. The molecule has 0 fully saturated rings. The van der Waals surface area contributed by atoms with Crippen LogP contribution in [-0.2, 0) is 0 Å². The summed E-state index contributed by atoms with van der Waals surface area (Å²) in [6.07, 6.45) is 0. The molecule has 0 spiro atoms. The summed E-state index contributed by atoms with van der Waals surface area (Å²) < 4.78 is 25.4. The molecule has 3 aromatic carbocycles. The van der Waals surface area contributed by atoms with Crippen LogP contribution in [0.4, 0.5) is 4.39 Å². The molecule has 0 aliphatic carbocycles. The summed E-state index contributed by atoms with van der Waals surface area (Å²) in [5.74, 6) is 0.769. The lowest BCUT2D eigenvalue weighted by atomic mass is 10.2. The van der Waals surface area contributed by atoms with E-state index in [1.165, 1.54) is 12.1 Å². The minimum absolute atomic E-state index is 0.0833. The van der Waals surface area contributed by atoms with Crippen molar-refractivity contribution >= 4 is 11.6 Å². The fourth-order valence-electron chi connectivity index (χ4n) is 2.38. The quantitative estimate of drug-likeness (QED) is 0.445. The van der Waals surface area contributed by atoms with E-state index < -0.39 is 5.82 Å². The molecule has 4 aromatic rings. The predicted octanol–water partition coefficient (Wildman–Crippen LogP) is 5.99. The molecule has 0 unspecified atom stereocenters. The molecular formula is C20H12ClFN2O2. The summed E-state index contributed by atoms with van der Waals surface area (Å²) in [5, 5.41) is 8.69. The summed E-state index contributed by atoms with van der Waals surface area (Å²) in [7, 11) is 0. The van der Waals surface area contributed by atoms with Crippen molar-refractivity contribution < 1.29 is 13.5 Å². The minimum Gasteiger partial charge on any atom is -0.454 e. The second-order valence-corrected chi connectivity index (χ2v) is 5.92. The van der Waals surface area contributed by atoms with E-state index in [1.54, 1.807) is 42.5 Å². The first kappa shape index (κ1) is 16.3. The van der Waals surface area contributed by atoms with E-state index in [-0.39, 0.29) is 11.6 Å². The van der Waals surface area contributed by atoms with E-state index in [2.05, 4.69) is 10.2 Å². The Kier molecular flexibility index (Phi) is 4.37. The molecule has 128 valence electrons. The van der Waals surface area contributed by atoms with Gasteiger partial charge in [0.25, 0.3) is 0 Å². The second-order valence-electron chi connectivity index (χ2n) is 5.48. The highest BCUT2D eigenvalue weighted by Crippen LogP contribution is 2.31. The molecule has 0 amide bonds. The Hall–Kier alpha value is -3.18. The van der Waals surface area contributed by atoms with Crippen molar-refractivity contribution in [2.45, 2.75) is 0 Å². The maximum atomic E-state index is 14.1. The lowest BCUT2D eigenvalue weighted by molar-refractivity contribution is 0.442. The highest BCUT2D eigenvalue weighted by Gasteiger charge is 2.14. The van der Waals surface area contributed by atoms with E-state index in [4.69, 9.17) is 20.8 Å². The van der Waals surface area contributed by atoms with Crippen LogP contribution in [0.5, 0.6) is 11.5 Å². The van der Waals surface area contributed by atoms with Gasteiger partial charge in [0.2, 0.25) is 11.8 Å². The molecule has 1 aromatic heterocycles. The van der Waals surface area contributed by atoms with Crippen LogP contribution in [0.25, 0.3) is 22.9 Å². The molecule has 0 N–H and O–H groups in total. The standard InChI is InChI=1S/C20H12ClFN2O2/c21-15-9-6-13(7-10-15)19-23-24-20(26-19)14-8-11-17(22)18(12-14)25-16-4-2-1-3-5-16/h1-12H. The third-order valence-electron chi connectivity index (χ3n) is 3.67. The molecule has 0 saturated carbocycles. The van der Waals surface area contributed by atoms with Gasteiger partial charge in [-0.3, -0.25) is 0 Å². The van der Waals surface area contributed by atoms with Gasteiger partial charge in [-0.05, 0) is 54.6 Å². The first-order chi connectivity index (χ1) is 12.7. The molecule has 0 saturated heterocycles. The Morgan fingerprint density at radius 3 is 2.19 bits per heavy atom. The highest BCUT2D eigenvalue weighted by atomic mass is 35.5. The monoisotopic (exact) mass is 366 g/mol. The van der Waals surface area contributed by atoms with Gasteiger partial charge in [-0.15, -0.1) is 10.2 Å². The van der Waals surface area contributed by atoms with Crippen LogP contribution >= 0.6 is 11.6 Å². The number of rotatable bonds is 4. The zero-order valence-corrected chi connectivity index (χ0v) is 14.2. The fourth-order valence-corrected chi connectivity index (χ4v) is 2.51. The first-order valence-corrected chi connectivity index (χ1v) is 8.19. The molecule has 0 bridgehead atoms. The average molecular weight is 367 g/mol. The van der Waals surface area contributed by atoms with Gasteiger partial charge in [-0.25, -0.2) is 4.39 Å². The van der Waals surface area contributed by atoms with Gasteiger partial charge in [0.1, 0.15) is 5.75 Å². The summed E-state index contributed by atoms with van der Waals surface area (Å²) in [5.41, 5.74) is 1.31. The SMILES string of the molecule is Fc1ccc(-c2nnc(-c3ccc(Cl)cc3)o2)cc1Oc1ccccc1. The number of halogens is 2. The topological polar surface area (TPSA) is 48.2 Å². The van der Waals surface area contributed by atoms with Crippen LogP contribution in [0.15, 0.2) is 77.2 Å². The van der Waals surface area contributed by atoms with Gasteiger partial charge in [0.15, 0.2) is 11.6 Å². The molecule has 4 rings (SSSR count). The van der Waals surface area contributed by atoms with Crippen LogP contribution in [0.2, 0.25) is 5.02 Å². The molecule has 0 radical (unpaired) electrons. The van der Waals surface area contributed by atoms with E-state index in [9.17, 15) is 4.39 Å². The molecule has 0 aliphatic rings. The van der Waals surface area contributed by atoms with Crippen molar-refractivity contribution in [1.82, 2.24) is 10.2 Å². The Balaban J connectivity index is 1.64. The van der Waals surface area contributed by atoms with E-state index in [0.29, 0.717) is 22.2 Å². The zero-order valence-electron chi connectivity index (χ0n) is 13.4. The predicted molar refractivity (Wildman–Crippen MR) is 96.7 cm³/mol. The highest BCUT2D eigenvalue weighted by molar-refractivity contribution is 6.30. The fraction of sp³-hybridized carbons (Fsp3) is 0. The Labute approximate surface area is 153 Å². The Morgan fingerprint density at radius 2 is 1.46 bits per heavy atom. The molecule has 6 heteroatoms. The van der Waals surface area contributed by atoms with E-state index in [0.717, 1.165) is 5.56 Å². The molecule has 0 atom stereocenters. The minimum atomic E-state index is -0.477. The van der Waals surface area contributed by atoms with Crippen molar-refractivity contribution in [2.24, 2.45) is 0 Å². The summed E-state index contributed by atoms with van der Waals surface area (Å²) in [6.45, 7) is 0. The van der Waals surface area contributed by atoms with Gasteiger partial charge in [0, 0.05) is 16.1 Å². The third kappa shape index (κ3) is 3.43. The Morgan fingerprint density at radius 1 is 0.808 bits per heavy atom. The lowest BCUT2D eigenvalue weighted by Gasteiger charge is -2.07. The van der Waals surface area contributed by atoms with Crippen molar-refractivity contribution in [2.75, 3.05) is 0 Å². The van der Waals surface area contributed by atoms with Crippen molar-refractivity contribution in [3.8, 4) is 34.4 Å². The van der Waals surface area contributed by atoms with Gasteiger partial charge in [-0.1, -0.05) is 29.8 Å². The molecule has 4 nitrogen and oxygen atoms in total. The van der Waals surface area contributed by atoms with Crippen molar-refractivity contribution in [3.63, 3.8) is 0 Å². The summed E-state index contributed by atoms with van der Waals surface area (Å²) >= 11 is 5.88. The number of aromatic nitrogens is 2. The molecular weight excluding hydrogens is 355 g/mol.